The summed E-state index contributed by atoms with van der Waals surface area (Å²) in [4.78, 5) is 0. The molecule has 0 unspecified atom stereocenters. The highest BCUT2D eigenvalue weighted by molar-refractivity contribution is 7.80. The number of hydrogen-bond donors (Lipinski definition) is 2. The number of hydrazine groups is 1. The normalized spacial score (nSPS) is 9.71. The van der Waals surface area contributed by atoms with E-state index in [2.05, 4.69) is 5.32 Å². The Balaban J connectivity index is 2.78. The van der Waals surface area contributed by atoms with Crippen molar-refractivity contribution in [3.63, 3.8) is 0 Å². The number of hydrogen-bond acceptors (Lipinski definition) is 2. The molecule has 1 aromatic rings. The maximum atomic E-state index is 5.88. The molecule has 0 aliphatic rings. The van der Waals surface area contributed by atoms with Gasteiger partial charge in [-0.15, -0.1) is 0 Å². The molecule has 0 heterocycles. The van der Waals surface area contributed by atoms with Gasteiger partial charge in [-0.1, -0.05) is 11.6 Å². The van der Waals surface area contributed by atoms with Crippen molar-refractivity contribution in [2.45, 2.75) is 6.92 Å². The average Bonchev–Trinajstić information content (AvgIpc) is 2.11. The summed E-state index contributed by atoms with van der Waals surface area (Å²) >= 11 is 10.9. The van der Waals surface area contributed by atoms with Crippen molar-refractivity contribution < 1.29 is 0 Å². The number of aryl methyl sites for hydroxylation is 1. The monoisotopic (exact) mass is 229 g/mol. The van der Waals surface area contributed by atoms with E-state index >= 15 is 0 Å². The first-order chi connectivity index (χ1) is 6.50. The summed E-state index contributed by atoms with van der Waals surface area (Å²) in [5.41, 5.74) is 1.88. The summed E-state index contributed by atoms with van der Waals surface area (Å²) in [6, 6.07) is 5.58. The zero-order chi connectivity index (χ0) is 10.7. The SMILES string of the molecule is Cc1cc(NC(=S)N(C)N)ccc1Cl. The molecule has 14 heavy (non-hydrogen) atoms. The smallest absolute Gasteiger partial charge is 0.187 e. The minimum atomic E-state index is 0.465. The lowest BCUT2D eigenvalue weighted by atomic mass is 10.2. The van der Waals surface area contributed by atoms with Gasteiger partial charge >= 0.3 is 0 Å². The number of anilines is 1. The van der Waals surface area contributed by atoms with Gasteiger partial charge in [0.15, 0.2) is 5.11 Å². The molecule has 0 bridgehead atoms. The number of nitrogens with two attached hydrogens (primary N) is 1. The Labute approximate surface area is 93.8 Å². The molecule has 0 saturated carbocycles. The summed E-state index contributed by atoms with van der Waals surface area (Å²) in [5, 5.41) is 5.53. The van der Waals surface area contributed by atoms with Crippen LogP contribution in [0.4, 0.5) is 5.69 Å². The Morgan fingerprint density at radius 1 is 1.57 bits per heavy atom. The van der Waals surface area contributed by atoms with Crippen LogP contribution in [0.15, 0.2) is 18.2 Å². The molecule has 1 rings (SSSR count). The highest BCUT2D eigenvalue weighted by Crippen LogP contribution is 2.19. The number of thiocarbonyl (C=S) groups is 1. The lowest BCUT2D eigenvalue weighted by Gasteiger charge is -2.15. The van der Waals surface area contributed by atoms with Crippen LogP contribution in [0.5, 0.6) is 0 Å². The standard InChI is InChI=1S/C9H12ClN3S/c1-6-5-7(3-4-8(6)10)12-9(14)13(2)11/h3-5H,11H2,1-2H3,(H,12,14). The molecule has 0 aromatic heterocycles. The average molecular weight is 230 g/mol. The van der Waals surface area contributed by atoms with Crippen LogP contribution >= 0.6 is 23.8 Å². The van der Waals surface area contributed by atoms with Crippen LogP contribution in [0.2, 0.25) is 5.02 Å². The zero-order valence-corrected chi connectivity index (χ0v) is 9.62. The van der Waals surface area contributed by atoms with E-state index < -0.39 is 0 Å². The van der Waals surface area contributed by atoms with Crippen molar-refractivity contribution >= 4 is 34.6 Å². The van der Waals surface area contributed by atoms with Gasteiger partial charge in [-0.2, -0.15) is 0 Å². The van der Waals surface area contributed by atoms with Crippen molar-refractivity contribution in [2.24, 2.45) is 5.84 Å². The Bertz CT molecular complexity index is 352. The van der Waals surface area contributed by atoms with Crippen molar-refractivity contribution in [1.82, 2.24) is 5.01 Å². The summed E-state index contributed by atoms with van der Waals surface area (Å²) in [5.74, 6) is 5.46. The predicted molar refractivity (Wildman–Crippen MR) is 64.4 cm³/mol. The number of benzene rings is 1. The van der Waals surface area contributed by atoms with E-state index in [4.69, 9.17) is 29.7 Å². The van der Waals surface area contributed by atoms with Crippen LogP contribution in [-0.4, -0.2) is 17.2 Å². The first kappa shape index (κ1) is 11.2. The van der Waals surface area contributed by atoms with Gasteiger partial charge < -0.3 is 5.32 Å². The van der Waals surface area contributed by atoms with Gasteiger partial charge in [0.2, 0.25) is 0 Å². The van der Waals surface area contributed by atoms with E-state index in [9.17, 15) is 0 Å². The molecular weight excluding hydrogens is 218 g/mol. The Morgan fingerprint density at radius 2 is 2.21 bits per heavy atom. The van der Waals surface area contributed by atoms with Crippen LogP contribution in [-0.2, 0) is 0 Å². The third kappa shape index (κ3) is 2.83. The molecule has 0 aliphatic heterocycles. The van der Waals surface area contributed by atoms with E-state index in [1.807, 2.05) is 25.1 Å². The number of nitrogens with zero attached hydrogens (tertiary/aromatic N) is 1. The quantitative estimate of drug-likeness (QED) is 0.440. The van der Waals surface area contributed by atoms with E-state index in [0.717, 1.165) is 16.3 Å². The van der Waals surface area contributed by atoms with Gasteiger partial charge in [0.05, 0.1) is 0 Å². The van der Waals surface area contributed by atoms with Gasteiger partial charge in [0.25, 0.3) is 0 Å². The fourth-order valence-electron chi connectivity index (χ4n) is 0.934. The van der Waals surface area contributed by atoms with E-state index in [-0.39, 0.29) is 0 Å². The lowest BCUT2D eigenvalue weighted by Crippen LogP contribution is -2.36. The predicted octanol–water partition coefficient (Wildman–Crippen LogP) is 2.15. The molecule has 0 radical (unpaired) electrons. The fraction of sp³-hybridized carbons (Fsp3) is 0.222. The largest absolute Gasteiger partial charge is 0.332 e. The van der Waals surface area contributed by atoms with Gasteiger partial charge in [0.1, 0.15) is 0 Å². The molecule has 0 fully saturated rings. The van der Waals surface area contributed by atoms with Gasteiger partial charge in [-0.05, 0) is 42.9 Å². The Morgan fingerprint density at radius 3 is 2.71 bits per heavy atom. The van der Waals surface area contributed by atoms with Crippen molar-refractivity contribution in [2.75, 3.05) is 12.4 Å². The first-order valence-electron chi connectivity index (χ1n) is 4.06. The molecule has 3 nitrogen and oxygen atoms in total. The summed E-state index contributed by atoms with van der Waals surface area (Å²) in [7, 11) is 1.68. The zero-order valence-electron chi connectivity index (χ0n) is 8.04. The third-order valence-corrected chi connectivity index (χ3v) is 2.54. The molecule has 3 N–H and O–H groups in total. The van der Waals surface area contributed by atoms with Gasteiger partial charge in [0, 0.05) is 17.8 Å². The maximum absolute atomic E-state index is 5.88. The van der Waals surface area contributed by atoms with Gasteiger partial charge in [-0.3, -0.25) is 5.01 Å². The minimum Gasteiger partial charge on any atom is -0.332 e. The molecule has 1 aromatic carbocycles. The van der Waals surface area contributed by atoms with Crippen LogP contribution in [0.25, 0.3) is 0 Å². The van der Waals surface area contributed by atoms with Crippen molar-refractivity contribution in [3.8, 4) is 0 Å². The molecule has 0 aliphatic carbocycles. The lowest BCUT2D eigenvalue weighted by molar-refractivity contribution is 0.548. The first-order valence-corrected chi connectivity index (χ1v) is 4.85. The topological polar surface area (TPSA) is 41.3 Å². The van der Waals surface area contributed by atoms with Crippen molar-refractivity contribution in [3.05, 3.63) is 28.8 Å². The van der Waals surface area contributed by atoms with Crippen LogP contribution < -0.4 is 11.2 Å². The van der Waals surface area contributed by atoms with E-state index in [1.54, 1.807) is 7.05 Å². The van der Waals surface area contributed by atoms with E-state index in [1.165, 1.54) is 5.01 Å². The third-order valence-electron chi connectivity index (χ3n) is 1.73. The minimum absolute atomic E-state index is 0.465. The second-order valence-electron chi connectivity index (χ2n) is 3.01. The molecule has 76 valence electrons. The van der Waals surface area contributed by atoms with Gasteiger partial charge in [-0.25, -0.2) is 5.84 Å². The molecular formula is C9H12ClN3S. The van der Waals surface area contributed by atoms with Crippen LogP contribution in [0.1, 0.15) is 5.56 Å². The van der Waals surface area contributed by atoms with Crippen molar-refractivity contribution in [1.29, 1.82) is 0 Å². The molecule has 5 heteroatoms. The number of nitrogens with one attached hydrogen (secondary N) is 1. The second kappa shape index (κ2) is 4.59. The molecule has 0 spiro atoms. The fourth-order valence-corrected chi connectivity index (χ4v) is 1.17. The molecule has 0 saturated heterocycles. The summed E-state index contributed by atoms with van der Waals surface area (Å²) < 4.78 is 0. The number of halogens is 1. The molecule has 0 amide bonds. The van der Waals surface area contributed by atoms with E-state index in [0.29, 0.717) is 5.11 Å². The summed E-state index contributed by atoms with van der Waals surface area (Å²) in [6.07, 6.45) is 0. The Hall–Kier alpha value is -0.840. The van der Waals surface area contributed by atoms with Crippen LogP contribution in [0, 0.1) is 6.92 Å². The Kier molecular flexibility index (Phi) is 3.69. The highest BCUT2D eigenvalue weighted by atomic mass is 35.5. The highest BCUT2D eigenvalue weighted by Gasteiger charge is 2.01. The summed E-state index contributed by atoms with van der Waals surface area (Å²) in [6.45, 7) is 1.93. The second-order valence-corrected chi connectivity index (χ2v) is 3.80. The maximum Gasteiger partial charge on any atom is 0.187 e. The van der Waals surface area contributed by atoms with Crippen LogP contribution in [0.3, 0.4) is 0 Å². The number of rotatable bonds is 1. The molecule has 0 atom stereocenters.